The molecule has 0 fully saturated rings. The Hall–Kier alpha value is -7.68. The van der Waals surface area contributed by atoms with Crippen LogP contribution in [0, 0.1) is 27.7 Å². The third-order valence-corrected chi connectivity index (χ3v) is 15.5. The minimum absolute atomic E-state index is 0.0819. The Labute approximate surface area is 401 Å². The minimum atomic E-state index is -0.0819. The van der Waals surface area contributed by atoms with Crippen LogP contribution in [-0.2, 0) is 10.8 Å². The third-order valence-electron chi connectivity index (χ3n) is 15.5. The molecule has 10 aromatic carbocycles. The molecular weight excluding hydrogens is 821 g/mol. The smallest absolute Gasteiger partial charge is 0.0503 e. The predicted octanol–water partition coefficient (Wildman–Crippen LogP) is 18.4. The van der Waals surface area contributed by atoms with Gasteiger partial charge in [0.25, 0.3) is 0 Å². The molecule has 0 amide bonds. The molecule has 68 heavy (non-hydrogen) atoms. The molecule has 0 spiro atoms. The van der Waals surface area contributed by atoms with E-state index in [0.29, 0.717) is 0 Å². The number of fused-ring (bicyclic) bond motifs is 8. The lowest BCUT2D eigenvalue weighted by atomic mass is 9.82. The summed E-state index contributed by atoms with van der Waals surface area (Å²) in [5.41, 5.74) is 24.9. The molecule has 0 heterocycles. The van der Waals surface area contributed by atoms with Gasteiger partial charge in [-0.3, -0.25) is 0 Å². The molecule has 0 unspecified atom stereocenters. The highest BCUT2D eigenvalue weighted by Crippen LogP contribution is 2.55. The van der Waals surface area contributed by atoms with Crippen molar-refractivity contribution in [3.63, 3.8) is 0 Å². The van der Waals surface area contributed by atoms with Gasteiger partial charge in [-0.2, -0.15) is 0 Å². The lowest BCUT2D eigenvalue weighted by Crippen LogP contribution is -2.16. The highest BCUT2D eigenvalue weighted by Gasteiger charge is 2.37. The van der Waals surface area contributed by atoms with Crippen molar-refractivity contribution in [1.82, 2.24) is 0 Å². The Balaban J connectivity index is 1.13. The van der Waals surface area contributed by atoms with Crippen molar-refractivity contribution in [3.05, 3.63) is 239 Å². The second-order valence-electron chi connectivity index (χ2n) is 20.4. The minimum Gasteiger partial charge on any atom is -0.310 e. The van der Waals surface area contributed by atoms with Crippen molar-refractivity contribution in [1.29, 1.82) is 0 Å². The van der Waals surface area contributed by atoms with E-state index in [1.54, 1.807) is 0 Å². The van der Waals surface area contributed by atoms with Gasteiger partial charge in [0.05, 0.1) is 11.4 Å². The van der Waals surface area contributed by atoms with Gasteiger partial charge in [-0.15, -0.1) is 0 Å². The molecule has 2 nitrogen and oxygen atoms in total. The van der Waals surface area contributed by atoms with Crippen molar-refractivity contribution in [2.75, 3.05) is 9.80 Å². The van der Waals surface area contributed by atoms with Crippen LogP contribution in [-0.4, -0.2) is 0 Å². The van der Waals surface area contributed by atoms with Crippen LogP contribution in [0.3, 0.4) is 0 Å². The average Bonchev–Trinajstić information content (AvgIpc) is 3.71. The van der Waals surface area contributed by atoms with Crippen molar-refractivity contribution in [2.24, 2.45) is 0 Å². The summed E-state index contributed by atoms with van der Waals surface area (Å²) in [7, 11) is 0. The summed E-state index contributed by atoms with van der Waals surface area (Å²) in [4.78, 5) is 5.02. The number of aryl methyl sites for hydroxylation is 2. The molecule has 0 saturated heterocycles. The number of benzene rings is 10. The first-order chi connectivity index (χ1) is 32.9. The fourth-order valence-electron chi connectivity index (χ4n) is 12.1. The molecule has 12 rings (SSSR count). The Bertz CT molecular complexity index is 3450. The first kappa shape index (κ1) is 41.7. The van der Waals surface area contributed by atoms with Gasteiger partial charge in [0.2, 0.25) is 0 Å². The van der Waals surface area contributed by atoms with Crippen LogP contribution >= 0.6 is 0 Å². The number of rotatable bonds is 7. The summed E-state index contributed by atoms with van der Waals surface area (Å²) in [6.45, 7) is 18.5. The normalized spacial score (nSPS) is 13.8. The van der Waals surface area contributed by atoms with E-state index in [-0.39, 0.29) is 10.8 Å². The Morgan fingerprint density at radius 3 is 1.10 bits per heavy atom. The van der Waals surface area contributed by atoms with Crippen molar-refractivity contribution in [3.8, 4) is 33.4 Å². The first-order valence-electron chi connectivity index (χ1n) is 24.2. The molecule has 10 aromatic rings. The fourth-order valence-corrected chi connectivity index (χ4v) is 12.1. The predicted molar refractivity (Wildman–Crippen MR) is 290 cm³/mol. The van der Waals surface area contributed by atoms with E-state index in [1.165, 1.54) is 111 Å². The molecule has 0 bridgehead atoms. The second-order valence-corrected chi connectivity index (χ2v) is 20.4. The molecule has 2 aliphatic rings. The van der Waals surface area contributed by atoms with Crippen LogP contribution in [0.5, 0.6) is 0 Å². The number of anilines is 6. The number of hydrogen-bond donors (Lipinski definition) is 0. The molecule has 0 N–H and O–H groups in total. The average molecular weight is 877 g/mol. The molecule has 0 atom stereocenters. The van der Waals surface area contributed by atoms with E-state index in [0.717, 1.165) is 22.7 Å². The van der Waals surface area contributed by atoms with Gasteiger partial charge in [-0.1, -0.05) is 161 Å². The topological polar surface area (TPSA) is 6.48 Å². The lowest BCUT2D eigenvalue weighted by Gasteiger charge is -2.32. The molecular formula is C66H56N2. The number of nitrogens with zero attached hydrogens (tertiary/aromatic N) is 2. The first-order valence-corrected chi connectivity index (χ1v) is 24.2. The quantitative estimate of drug-likeness (QED) is 0.157. The summed E-state index contributed by atoms with van der Waals surface area (Å²) in [6.07, 6.45) is 0. The van der Waals surface area contributed by atoms with Gasteiger partial charge in [-0.25, -0.2) is 0 Å². The van der Waals surface area contributed by atoms with E-state index >= 15 is 0 Å². The summed E-state index contributed by atoms with van der Waals surface area (Å²) in [5, 5.41) is 4.90. The van der Waals surface area contributed by atoms with Gasteiger partial charge in [0, 0.05) is 33.6 Å². The molecule has 2 aliphatic carbocycles. The van der Waals surface area contributed by atoms with Crippen LogP contribution in [0.15, 0.2) is 194 Å². The maximum Gasteiger partial charge on any atom is 0.0503 e. The zero-order valence-electron chi connectivity index (χ0n) is 40.4. The van der Waals surface area contributed by atoms with Gasteiger partial charge >= 0.3 is 0 Å². The lowest BCUT2D eigenvalue weighted by molar-refractivity contribution is 0.660. The van der Waals surface area contributed by atoms with E-state index < -0.39 is 0 Å². The maximum absolute atomic E-state index is 2.51. The van der Waals surface area contributed by atoms with Gasteiger partial charge < -0.3 is 9.80 Å². The number of hydrogen-bond acceptors (Lipinski definition) is 2. The summed E-state index contributed by atoms with van der Waals surface area (Å²) in [5.74, 6) is 0. The molecule has 0 radical (unpaired) electrons. The molecule has 330 valence electrons. The fraction of sp³-hybridized carbons (Fsp3) is 0.152. The molecule has 0 saturated carbocycles. The van der Waals surface area contributed by atoms with Crippen LogP contribution in [0.2, 0.25) is 0 Å². The molecule has 2 heteroatoms. The van der Waals surface area contributed by atoms with Crippen molar-refractivity contribution < 1.29 is 0 Å². The van der Waals surface area contributed by atoms with Crippen LogP contribution in [0.4, 0.5) is 34.1 Å². The van der Waals surface area contributed by atoms with E-state index in [2.05, 4.69) is 259 Å². The SMILES string of the molecule is Cc1cccc(N(c2ccc3c(c2)-c2ccccc2C3(C)C)c2cc3ccccc3c(-c3c(C)c(N(c4cccc(C)c4)c4ccc5c(c4)-c4ccccc4C5(C)C)cc4ccccc34)c2C)c1. The van der Waals surface area contributed by atoms with E-state index in [9.17, 15) is 0 Å². The monoisotopic (exact) mass is 876 g/mol. The van der Waals surface area contributed by atoms with Crippen LogP contribution in [0.1, 0.15) is 72.2 Å². The second kappa shape index (κ2) is 15.4. The maximum atomic E-state index is 2.51. The van der Waals surface area contributed by atoms with Crippen molar-refractivity contribution in [2.45, 2.75) is 66.2 Å². The van der Waals surface area contributed by atoms with Crippen LogP contribution in [0.25, 0.3) is 54.9 Å². The zero-order chi connectivity index (χ0) is 46.6. The van der Waals surface area contributed by atoms with Gasteiger partial charge in [0.15, 0.2) is 0 Å². The largest absolute Gasteiger partial charge is 0.310 e. The summed E-state index contributed by atoms with van der Waals surface area (Å²) < 4.78 is 0. The van der Waals surface area contributed by atoms with Crippen LogP contribution < -0.4 is 9.80 Å². The zero-order valence-corrected chi connectivity index (χ0v) is 40.4. The van der Waals surface area contributed by atoms with E-state index in [4.69, 9.17) is 0 Å². The third kappa shape index (κ3) is 6.31. The standard InChI is InChI=1S/C66H56N2/c1-41-19-17-23-47(35-41)67(49-31-33-59-55(39-49)53-27-13-15-29-57(53)65(59,5)6)61-37-45-21-9-11-25-51(45)63(43(61)3)64-44(4)62(38-46-22-10-12-26-52(46)64)68(48-24-18-20-42(2)36-48)50-32-34-60-56(40-50)54-28-14-16-30-58(54)66(60,7)8/h9-40H,1-8H3. The van der Waals surface area contributed by atoms with E-state index in [1.807, 2.05) is 0 Å². The molecule has 0 aromatic heterocycles. The Morgan fingerprint density at radius 2 is 0.676 bits per heavy atom. The van der Waals surface area contributed by atoms with Gasteiger partial charge in [-0.05, 0) is 188 Å². The molecule has 0 aliphatic heterocycles. The highest BCUT2D eigenvalue weighted by molar-refractivity contribution is 6.12. The van der Waals surface area contributed by atoms with Gasteiger partial charge in [0.1, 0.15) is 0 Å². The summed E-state index contributed by atoms with van der Waals surface area (Å²) >= 11 is 0. The van der Waals surface area contributed by atoms with Crippen molar-refractivity contribution >= 4 is 55.7 Å². The Morgan fingerprint density at radius 1 is 0.309 bits per heavy atom. The highest BCUT2D eigenvalue weighted by atomic mass is 15.2. The summed E-state index contributed by atoms with van der Waals surface area (Å²) in [6, 6.07) is 73.1. The Kier molecular flexibility index (Phi) is 9.47.